The quantitative estimate of drug-likeness (QED) is 0.176. The van der Waals surface area contributed by atoms with Gasteiger partial charge in [0.25, 0.3) is 5.91 Å². The normalized spacial score (nSPS) is 13.1. The zero-order chi connectivity index (χ0) is 25.8. The summed E-state index contributed by atoms with van der Waals surface area (Å²) in [6.45, 7) is 7.05. The van der Waals surface area contributed by atoms with Crippen LogP contribution in [-0.2, 0) is 11.3 Å². The smallest absolute Gasteiger partial charge is 0.267 e. The first-order chi connectivity index (χ1) is 17.7. The number of amides is 1. The third kappa shape index (κ3) is 12.3. The highest BCUT2D eigenvalue weighted by Gasteiger charge is 2.16. The van der Waals surface area contributed by atoms with E-state index < -0.39 is 0 Å². The van der Waals surface area contributed by atoms with E-state index in [-0.39, 0.29) is 5.91 Å². The second-order valence-corrected chi connectivity index (χ2v) is 10.3. The largest absolute Gasteiger partial charge is 0.492 e. The van der Waals surface area contributed by atoms with Gasteiger partial charge in [-0.1, -0.05) is 120 Å². The second kappa shape index (κ2) is 19.2. The minimum atomic E-state index is -0.0598. The molecule has 1 aliphatic heterocycles. The summed E-state index contributed by atoms with van der Waals surface area (Å²) in [5, 5.41) is 3.60. The second-order valence-electron chi connectivity index (χ2n) is 9.91. The first kappa shape index (κ1) is 30.3. The molecule has 1 aromatic rings. The maximum Gasteiger partial charge on any atom is 0.267 e. The lowest BCUT2D eigenvalue weighted by atomic mass is 10.0. The Kier molecular flexibility index (Phi) is 16.2. The van der Waals surface area contributed by atoms with Crippen LogP contribution >= 0.6 is 11.6 Å². The molecule has 1 N–H and O–H groups in total. The van der Waals surface area contributed by atoms with Crippen LogP contribution in [-0.4, -0.2) is 30.5 Å². The molecular weight excluding hydrogens is 468 g/mol. The van der Waals surface area contributed by atoms with Crippen LogP contribution < -0.4 is 10.1 Å². The molecule has 36 heavy (non-hydrogen) atoms. The van der Waals surface area contributed by atoms with Gasteiger partial charge >= 0.3 is 0 Å². The Morgan fingerprint density at radius 1 is 0.917 bits per heavy atom. The molecule has 0 bridgehead atoms. The maximum absolute atomic E-state index is 12.5. The molecule has 0 saturated heterocycles. The minimum absolute atomic E-state index is 0.0598. The first-order valence-electron chi connectivity index (χ1n) is 14.5. The molecule has 1 aliphatic rings. The fraction of sp³-hybridized carbons (Fsp3) is 0.645. The van der Waals surface area contributed by atoms with Crippen LogP contribution in [0.3, 0.4) is 0 Å². The van der Waals surface area contributed by atoms with E-state index in [9.17, 15) is 4.79 Å². The summed E-state index contributed by atoms with van der Waals surface area (Å²) in [6, 6.07) is 5.77. The molecule has 2 rings (SSSR count). The van der Waals surface area contributed by atoms with Gasteiger partial charge in [-0.05, 0) is 37.1 Å². The summed E-state index contributed by atoms with van der Waals surface area (Å²) in [7, 11) is 0. The number of rotatable bonds is 20. The summed E-state index contributed by atoms with van der Waals surface area (Å²) in [5.74, 6) is 0.661. The number of hydrogen-bond acceptors (Lipinski definition) is 3. The first-order valence-corrected chi connectivity index (χ1v) is 14.8. The average Bonchev–Trinajstić information content (AvgIpc) is 2.90. The molecule has 0 unspecified atom stereocenters. The molecule has 0 aromatic heterocycles. The van der Waals surface area contributed by atoms with Crippen LogP contribution in [0.15, 0.2) is 42.1 Å². The molecule has 1 aromatic carbocycles. The lowest BCUT2D eigenvalue weighted by molar-refractivity contribution is -0.119. The fourth-order valence-electron chi connectivity index (χ4n) is 4.59. The number of ether oxygens (including phenoxy) is 1. The van der Waals surface area contributed by atoms with E-state index >= 15 is 0 Å². The van der Waals surface area contributed by atoms with Crippen molar-refractivity contribution >= 4 is 17.5 Å². The summed E-state index contributed by atoms with van der Waals surface area (Å²) >= 11 is 6.44. The Hall–Kier alpha value is -1.94. The van der Waals surface area contributed by atoms with Crippen LogP contribution in [0.1, 0.15) is 109 Å². The average molecular weight is 517 g/mol. The lowest BCUT2D eigenvalue weighted by Gasteiger charge is -2.25. The topological polar surface area (TPSA) is 41.6 Å². The number of carbonyl (C=O) groups is 1. The summed E-state index contributed by atoms with van der Waals surface area (Å²) < 4.78 is 5.91. The summed E-state index contributed by atoms with van der Waals surface area (Å²) in [6.07, 6.45) is 24.8. The van der Waals surface area contributed by atoms with E-state index in [2.05, 4.69) is 30.1 Å². The molecule has 4 nitrogen and oxygen atoms in total. The zero-order valence-electron chi connectivity index (χ0n) is 22.8. The number of hydrogen-bond donors (Lipinski definition) is 1. The van der Waals surface area contributed by atoms with E-state index in [4.69, 9.17) is 16.3 Å². The molecule has 5 heteroatoms. The molecule has 0 saturated carbocycles. The van der Waals surface area contributed by atoms with Crippen molar-refractivity contribution in [2.75, 3.05) is 19.7 Å². The molecule has 1 heterocycles. The van der Waals surface area contributed by atoms with E-state index in [1.807, 2.05) is 30.4 Å². The summed E-state index contributed by atoms with van der Waals surface area (Å²) in [5.41, 5.74) is 1.67. The van der Waals surface area contributed by atoms with Crippen LogP contribution in [0.2, 0.25) is 5.02 Å². The van der Waals surface area contributed by atoms with Gasteiger partial charge in [0, 0.05) is 19.6 Å². The van der Waals surface area contributed by atoms with E-state index in [0.717, 1.165) is 30.8 Å². The highest BCUT2D eigenvalue weighted by Crippen LogP contribution is 2.26. The third-order valence-corrected chi connectivity index (χ3v) is 7.17. The van der Waals surface area contributed by atoms with Gasteiger partial charge in [0.05, 0.1) is 11.6 Å². The van der Waals surface area contributed by atoms with Gasteiger partial charge in [-0.25, -0.2) is 0 Å². The molecule has 1 amide bonds. The van der Waals surface area contributed by atoms with Gasteiger partial charge in [-0.15, -0.1) is 0 Å². The zero-order valence-corrected chi connectivity index (χ0v) is 23.6. The number of nitrogens with one attached hydrogen (secondary N) is 1. The SMILES string of the molecule is CCCCCCCCCCCCCCCCOc1ccc(CNC(=O)C2=CC=CCN2CC)cc1Cl. The molecule has 0 radical (unpaired) electrons. The lowest BCUT2D eigenvalue weighted by Crippen LogP contribution is -2.35. The van der Waals surface area contributed by atoms with Gasteiger partial charge in [0.2, 0.25) is 0 Å². The van der Waals surface area contributed by atoms with E-state index in [0.29, 0.717) is 23.9 Å². The van der Waals surface area contributed by atoms with Crippen LogP contribution in [0.5, 0.6) is 5.75 Å². The number of likely N-dealkylation sites (N-methyl/N-ethyl adjacent to an activating group) is 1. The number of carbonyl (C=O) groups excluding carboxylic acids is 1. The number of unbranched alkanes of at least 4 members (excludes halogenated alkanes) is 13. The van der Waals surface area contributed by atoms with Gasteiger partial charge in [-0.3, -0.25) is 4.79 Å². The Morgan fingerprint density at radius 2 is 1.53 bits per heavy atom. The van der Waals surface area contributed by atoms with Gasteiger partial charge in [0.1, 0.15) is 11.4 Å². The van der Waals surface area contributed by atoms with Crippen LogP contribution in [0.25, 0.3) is 0 Å². The van der Waals surface area contributed by atoms with Crippen molar-refractivity contribution in [3.05, 3.63) is 52.7 Å². The maximum atomic E-state index is 12.5. The molecule has 0 atom stereocenters. The van der Waals surface area contributed by atoms with Gasteiger partial charge < -0.3 is 15.0 Å². The van der Waals surface area contributed by atoms with Crippen molar-refractivity contribution in [2.24, 2.45) is 0 Å². The van der Waals surface area contributed by atoms with Crippen molar-refractivity contribution in [3.63, 3.8) is 0 Å². The predicted molar refractivity (Wildman–Crippen MR) is 154 cm³/mol. The molecular formula is C31H49ClN2O2. The molecule has 0 aliphatic carbocycles. The van der Waals surface area contributed by atoms with Crippen molar-refractivity contribution in [1.82, 2.24) is 10.2 Å². The van der Waals surface area contributed by atoms with Crippen LogP contribution in [0, 0.1) is 0 Å². The third-order valence-electron chi connectivity index (χ3n) is 6.88. The van der Waals surface area contributed by atoms with Crippen molar-refractivity contribution < 1.29 is 9.53 Å². The van der Waals surface area contributed by atoms with E-state index in [1.54, 1.807) is 0 Å². The highest BCUT2D eigenvalue weighted by atomic mass is 35.5. The standard InChI is InChI=1S/C31H49ClN2O2/c1-3-5-6-7-8-9-10-11-12-13-14-15-16-19-24-36-30-22-21-27(25-28(30)32)26-33-31(35)29-20-17-18-23-34(29)4-2/h17-18,20-22,25H,3-16,19,23-24,26H2,1-2H3,(H,33,35). The van der Waals surface area contributed by atoms with Crippen molar-refractivity contribution in [1.29, 1.82) is 0 Å². The number of benzene rings is 1. The Labute approximate surface area is 225 Å². The summed E-state index contributed by atoms with van der Waals surface area (Å²) in [4.78, 5) is 14.6. The molecule has 202 valence electrons. The predicted octanol–water partition coefficient (Wildman–Crippen LogP) is 8.59. The van der Waals surface area contributed by atoms with Gasteiger partial charge in [0.15, 0.2) is 0 Å². The van der Waals surface area contributed by atoms with Crippen molar-refractivity contribution in [3.8, 4) is 5.75 Å². The monoisotopic (exact) mass is 516 g/mol. The Balaban J connectivity index is 1.51. The fourth-order valence-corrected chi connectivity index (χ4v) is 4.85. The van der Waals surface area contributed by atoms with Crippen LogP contribution in [0.4, 0.5) is 0 Å². The van der Waals surface area contributed by atoms with E-state index in [1.165, 1.54) is 83.5 Å². The van der Waals surface area contributed by atoms with Gasteiger partial charge in [-0.2, -0.15) is 0 Å². The van der Waals surface area contributed by atoms with Crippen molar-refractivity contribution in [2.45, 2.75) is 110 Å². The Bertz CT molecular complexity index is 806. The Morgan fingerprint density at radius 3 is 2.11 bits per heavy atom. The minimum Gasteiger partial charge on any atom is -0.492 e. The number of halogens is 1. The molecule has 0 fully saturated rings. The number of nitrogens with zero attached hydrogens (tertiary/aromatic N) is 1. The molecule has 0 spiro atoms. The highest BCUT2D eigenvalue weighted by molar-refractivity contribution is 6.32. The number of allylic oxidation sites excluding steroid dienone is 2.